The molecule has 0 heterocycles. The Morgan fingerprint density at radius 1 is 0.958 bits per heavy atom. The van der Waals surface area contributed by atoms with Gasteiger partial charge in [-0.3, -0.25) is 0 Å². The van der Waals surface area contributed by atoms with Crippen LogP contribution in [0.1, 0.15) is 93.4 Å². The van der Waals surface area contributed by atoms with E-state index in [-0.39, 0.29) is 0 Å². The van der Waals surface area contributed by atoms with Crippen LogP contribution in [0.2, 0.25) is 0 Å². The molecule has 0 saturated carbocycles. The van der Waals surface area contributed by atoms with Crippen LogP contribution in [0.25, 0.3) is 0 Å². The fraction of sp³-hybridized carbons (Fsp3) is 0.667. The summed E-state index contributed by atoms with van der Waals surface area (Å²) in [5, 5.41) is 0. The summed E-state index contributed by atoms with van der Waals surface area (Å²) in [6.45, 7) is 24.5. The van der Waals surface area contributed by atoms with Crippen LogP contribution in [-0.4, -0.2) is 0 Å². The molecule has 0 bridgehead atoms. The van der Waals surface area contributed by atoms with Crippen molar-refractivity contribution in [1.82, 2.24) is 0 Å². The van der Waals surface area contributed by atoms with E-state index >= 15 is 0 Å². The van der Waals surface area contributed by atoms with Gasteiger partial charge in [-0.15, -0.1) is 0 Å². The second-order valence-electron chi connectivity index (χ2n) is 9.08. The summed E-state index contributed by atoms with van der Waals surface area (Å²) < 4.78 is 0. The number of allylic oxidation sites excluding steroid dienone is 6. The quantitative estimate of drug-likeness (QED) is 0.202. The Hall–Kier alpha value is -1.04. The van der Waals surface area contributed by atoms with Gasteiger partial charge in [-0.1, -0.05) is 95.6 Å². The molecule has 1 unspecified atom stereocenters. The van der Waals surface area contributed by atoms with E-state index in [4.69, 9.17) is 0 Å². The third-order valence-corrected chi connectivity index (χ3v) is 4.87. The van der Waals surface area contributed by atoms with Crippen molar-refractivity contribution in [1.29, 1.82) is 0 Å². The molecule has 0 aromatic carbocycles. The molecule has 0 amide bonds. The predicted octanol–water partition coefficient (Wildman–Crippen LogP) is 8.42. The second kappa shape index (κ2) is 10.7. The van der Waals surface area contributed by atoms with Crippen molar-refractivity contribution in [3.63, 3.8) is 0 Å². The maximum atomic E-state index is 4.43. The van der Waals surface area contributed by atoms with E-state index < -0.39 is 0 Å². The van der Waals surface area contributed by atoms with Crippen molar-refractivity contribution in [3.8, 4) is 0 Å². The molecule has 0 aliphatic heterocycles. The van der Waals surface area contributed by atoms with Crippen molar-refractivity contribution in [2.75, 3.05) is 0 Å². The molecule has 0 saturated heterocycles. The fourth-order valence-corrected chi connectivity index (χ4v) is 2.96. The van der Waals surface area contributed by atoms with E-state index in [2.05, 4.69) is 79.9 Å². The molecule has 0 fully saturated rings. The predicted molar refractivity (Wildman–Crippen MR) is 112 cm³/mol. The van der Waals surface area contributed by atoms with Crippen LogP contribution in [0, 0.1) is 10.8 Å². The standard InChI is InChI=1S/C24H42/c1-10-24(9,22(5)19-23(6,7)8)18-13-11-12-16-21(4)17-14-15-20(2)3/h14-15,17H,4-5,10-13,16,18-19H2,1-3,6-9H3/b17-14-. The Kier molecular flexibility index (Phi) is 10.3. The molecule has 0 N–H and O–H groups in total. The first kappa shape index (κ1) is 23.0. The molecule has 24 heavy (non-hydrogen) atoms. The van der Waals surface area contributed by atoms with Crippen molar-refractivity contribution >= 4 is 0 Å². The summed E-state index contributed by atoms with van der Waals surface area (Å²) in [6, 6.07) is 0. The van der Waals surface area contributed by atoms with Crippen LogP contribution in [0.4, 0.5) is 0 Å². The zero-order chi connectivity index (χ0) is 18.8. The summed E-state index contributed by atoms with van der Waals surface area (Å²) in [5.41, 5.74) is 4.64. The molecular formula is C24H42. The fourth-order valence-electron chi connectivity index (χ4n) is 2.96. The highest BCUT2D eigenvalue weighted by Gasteiger charge is 2.27. The van der Waals surface area contributed by atoms with Crippen molar-refractivity contribution < 1.29 is 0 Å². The highest BCUT2D eigenvalue weighted by atomic mass is 14.3. The first-order chi connectivity index (χ1) is 11.0. The lowest BCUT2D eigenvalue weighted by Crippen LogP contribution is -2.21. The minimum absolute atomic E-state index is 0.299. The Balaban J connectivity index is 4.20. The molecule has 0 aliphatic rings. The number of unbranched alkanes of at least 4 members (excludes halogenated alkanes) is 2. The normalized spacial score (nSPS) is 14.5. The van der Waals surface area contributed by atoms with Gasteiger partial charge in [0.2, 0.25) is 0 Å². The van der Waals surface area contributed by atoms with Gasteiger partial charge in [0.15, 0.2) is 0 Å². The molecule has 0 radical (unpaired) electrons. The summed E-state index contributed by atoms with van der Waals surface area (Å²) in [4.78, 5) is 0. The summed E-state index contributed by atoms with van der Waals surface area (Å²) in [6.07, 6.45) is 14.9. The van der Waals surface area contributed by atoms with E-state index in [1.165, 1.54) is 48.8 Å². The third kappa shape index (κ3) is 10.7. The highest BCUT2D eigenvalue weighted by molar-refractivity contribution is 5.20. The summed E-state index contributed by atoms with van der Waals surface area (Å²) in [7, 11) is 0. The van der Waals surface area contributed by atoms with Gasteiger partial charge >= 0.3 is 0 Å². The van der Waals surface area contributed by atoms with Gasteiger partial charge in [-0.2, -0.15) is 0 Å². The smallest absolute Gasteiger partial charge is 0.0121 e. The zero-order valence-corrected chi connectivity index (χ0v) is 17.6. The summed E-state index contributed by atoms with van der Waals surface area (Å²) in [5.74, 6) is 0. The van der Waals surface area contributed by atoms with Crippen molar-refractivity contribution in [2.24, 2.45) is 10.8 Å². The maximum Gasteiger partial charge on any atom is -0.0121 e. The number of rotatable bonds is 11. The first-order valence-corrected chi connectivity index (χ1v) is 9.68. The Morgan fingerprint density at radius 3 is 2.08 bits per heavy atom. The minimum Gasteiger partial charge on any atom is -0.0993 e. The van der Waals surface area contributed by atoms with Gasteiger partial charge < -0.3 is 0 Å². The monoisotopic (exact) mass is 330 g/mol. The molecular weight excluding hydrogens is 288 g/mol. The van der Waals surface area contributed by atoms with E-state index in [1.54, 1.807) is 0 Å². The Labute approximate surface area is 152 Å². The molecule has 0 spiro atoms. The average molecular weight is 331 g/mol. The van der Waals surface area contributed by atoms with Gasteiger partial charge in [0.25, 0.3) is 0 Å². The molecule has 0 nitrogen and oxygen atoms in total. The highest BCUT2D eigenvalue weighted by Crippen LogP contribution is 2.41. The first-order valence-electron chi connectivity index (χ1n) is 9.68. The zero-order valence-electron chi connectivity index (χ0n) is 17.6. The van der Waals surface area contributed by atoms with Gasteiger partial charge in [0.1, 0.15) is 0 Å². The van der Waals surface area contributed by atoms with Crippen LogP contribution in [0.5, 0.6) is 0 Å². The second-order valence-corrected chi connectivity index (χ2v) is 9.08. The lowest BCUT2D eigenvalue weighted by molar-refractivity contribution is 0.290. The Bertz CT molecular complexity index is 449. The molecule has 1 atom stereocenters. The van der Waals surface area contributed by atoms with Crippen LogP contribution < -0.4 is 0 Å². The van der Waals surface area contributed by atoms with E-state index in [0.717, 1.165) is 12.8 Å². The lowest BCUT2D eigenvalue weighted by Gasteiger charge is -2.34. The summed E-state index contributed by atoms with van der Waals surface area (Å²) >= 11 is 0. The molecule has 0 aliphatic carbocycles. The van der Waals surface area contributed by atoms with Crippen LogP contribution in [0.3, 0.4) is 0 Å². The molecule has 0 heteroatoms. The maximum absolute atomic E-state index is 4.43. The lowest BCUT2D eigenvalue weighted by atomic mass is 9.71. The molecule has 138 valence electrons. The SMILES string of the molecule is C=C(/C=C\C=C(C)C)CCCCCC(C)(CC)C(=C)CC(C)(C)C. The van der Waals surface area contributed by atoms with Gasteiger partial charge in [0, 0.05) is 0 Å². The molecule has 0 rings (SSSR count). The van der Waals surface area contributed by atoms with Crippen LogP contribution >= 0.6 is 0 Å². The molecule has 0 aromatic heterocycles. The van der Waals surface area contributed by atoms with Crippen LogP contribution in [-0.2, 0) is 0 Å². The van der Waals surface area contributed by atoms with Gasteiger partial charge in [0.05, 0.1) is 0 Å². The van der Waals surface area contributed by atoms with E-state index in [1.807, 2.05) is 0 Å². The van der Waals surface area contributed by atoms with Crippen molar-refractivity contribution in [2.45, 2.75) is 93.4 Å². The van der Waals surface area contributed by atoms with Crippen LogP contribution in [0.15, 0.2) is 48.1 Å². The average Bonchev–Trinajstić information content (AvgIpc) is 2.44. The van der Waals surface area contributed by atoms with E-state index in [0.29, 0.717) is 10.8 Å². The largest absolute Gasteiger partial charge is 0.0993 e. The van der Waals surface area contributed by atoms with Gasteiger partial charge in [-0.05, 0) is 56.8 Å². The topological polar surface area (TPSA) is 0 Å². The number of hydrogen-bond acceptors (Lipinski definition) is 0. The third-order valence-electron chi connectivity index (χ3n) is 4.87. The molecule has 0 aromatic rings. The van der Waals surface area contributed by atoms with Crippen molar-refractivity contribution in [3.05, 3.63) is 48.1 Å². The number of hydrogen-bond donors (Lipinski definition) is 0. The minimum atomic E-state index is 0.299. The van der Waals surface area contributed by atoms with E-state index in [9.17, 15) is 0 Å². The Morgan fingerprint density at radius 2 is 1.58 bits per heavy atom. The van der Waals surface area contributed by atoms with Gasteiger partial charge in [-0.25, -0.2) is 0 Å².